The van der Waals surface area contributed by atoms with Gasteiger partial charge < -0.3 is 16.0 Å². The molecule has 0 bridgehead atoms. The quantitative estimate of drug-likeness (QED) is 0.716. The molecule has 1 aliphatic rings. The van der Waals surface area contributed by atoms with Gasteiger partial charge in [-0.3, -0.25) is 4.79 Å². The Morgan fingerprint density at radius 2 is 2.00 bits per heavy atom. The third-order valence-electron chi connectivity index (χ3n) is 3.85. The van der Waals surface area contributed by atoms with Crippen LogP contribution in [0, 0.1) is 0 Å². The molecule has 1 saturated carbocycles. The van der Waals surface area contributed by atoms with Gasteiger partial charge in [0.25, 0.3) is 0 Å². The highest BCUT2D eigenvalue weighted by Gasteiger charge is 2.39. The highest BCUT2D eigenvalue weighted by Crippen LogP contribution is 2.26. The minimum atomic E-state index is -4.16. The maximum Gasteiger partial charge on any atom is 0.390 e. The predicted octanol–water partition coefficient (Wildman–Crippen LogP) is 1.65. The number of carbonyl (C=O) groups is 1. The van der Waals surface area contributed by atoms with Crippen LogP contribution in [-0.2, 0) is 4.79 Å². The zero-order valence-corrected chi connectivity index (χ0v) is 12.3. The van der Waals surface area contributed by atoms with Gasteiger partial charge in [0, 0.05) is 18.6 Å². The van der Waals surface area contributed by atoms with E-state index < -0.39 is 24.0 Å². The van der Waals surface area contributed by atoms with Crippen LogP contribution in [0.2, 0.25) is 0 Å². The molecule has 0 aromatic carbocycles. The van der Waals surface area contributed by atoms with E-state index in [4.69, 9.17) is 5.73 Å². The fourth-order valence-electron chi connectivity index (χ4n) is 2.18. The van der Waals surface area contributed by atoms with Crippen LogP contribution in [0.4, 0.5) is 13.2 Å². The average molecular weight is 295 g/mol. The third kappa shape index (κ3) is 5.66. The smallest absolute Gasteiger partial charge is 0.368 e. The lowest BCUT2D eigenvalue weighted by Gasteiger charge is -2.34. The maximum absolute atomic E-state index is 12.2. The van der Waals surface area contributed by atoms with Crippen LogP contribution in [-0.4, -0.2) is 48.2 Å². The van der Waals surface area contributed by atoms with Gasteiger partial charge in [-0.2, -0.15) is 13.2 Å². The summed E-state index contributed by atoms with van der Waals surface area (Å²) in [5.74, 6) is -0.458. The van der Waals surface area contributed by atoms with Crippen molar-refractivity contribution >= 4 is 5.91 Å². The van der Waals surface area contributed by atoms with Crippen molar-refractivity contribution in [2.24, 2.45) is 5.73 Å². The molecular formula is C13H24F3N3O. The van der Waals surface area contributed by atoms with Gasteiger partial charge in [0.15, 0.2) is 0 Å². The average Bonchev–Trinajstić information content (AvgIpc) is 3.08. The summed E-state index contributed by atoms with van der Waals surface area (Å²) in [5, 5.41) is 3.20. The van der Waals surface area contributed by atoms with Crippen LogP contribution >= 0.6 is 0 Å². The zero-order chi connectivity index (χ0) is 15.6. The van der Waals surface area contributed by atoms with Crippen LogP contribution in [0.25, 0.3) is 0 Å². The van der Waals surface area contributed by atoms with Gasteiger partial charge in [-0.1, -0.05) is 0 Å². The summed E-state index contributed by atoms with van der Waals surface area (Å²) < 4.78 is 36.6. The van der Waals surface area contributed by atoms with E-state index in [1.165, 1.54) is 0 Å². The van der Waals surface area contributed by atoms with Gasteiger partial charge in [-0.05, 0) is 40.2 Å². The minimum absolute atomic E-state index is 0.0804. The Balaban J connectivity index is 2.52. The lowest BCUT2D eigenvalue weighted by atomic mass is 9.92. The van der Waals surface area contributed by atoms with E-state index in [1.54, 1.807) is 18.9 Å². The number of nitrogens with two attached hydrogens (primary N) is 1. The first-order chi connectivity index (χ1) is 9.03. The van der Waals surface area contributed by atoms with Crippen LogP contribution in [0.15, 0.2) is 0 Å². The number of alkyl halides is 3. The molecule has 20 heavy (non-hydrogen) atoms. The van der Waals surface area contributed by atoms with E-state index in [0.717, 1.165) is 12.8 Å². The van der Waals surface area contributed by atoms with Crippen molar-refractivity contribution in [1.82, 2.24) is 10.2 Å². The summed E-state index contributed by atoms with van der Waals surface area (Å²) in [4.78, 5) is 13.2. The number of amides is 1. The molecule has 2 atom stereocenters. The van der Waals surface area contributed by atoms with Gasteiger partial charge in [-0.25, -0.2) is 0 Å². The van der Waals surface area contributed by atoms with E-state index >= 15 is 0 Å². The van der Waals surface area contributed by atoms with Crippen LogP contribution < -0.4 is 11.1 Å². The topological polar surface area (TPSA) is 58.4 Å². The molecule has 0 aromatic rings. The summed E-state index contributed by atoms with van der Waals surface area (Å²) in [6.07, 6.45) is -2.58. The molecule has 0 heterocycles. The summed E-state index contributed by atoms with van der Waals surface area (Å²) in [5.41, 5.74) is 4.57. The molecule has 118 valence electrons. The molecule has 0 aromatic heterocycles. The highest BCUT2D eigenvalue weighted by molar-refractivity contribution is 5.84. The van der Waals surface area contributed by atoms with Crippen molar-refractivity contribution in [3.63, 3.8) is 0 Å². The van der Waals surface area contributed by atoms with Crippen molar-refractivity contribution in [2.75, 3.05) is 13.6 Å². The molecular weight excluding hydrogens is 271 g/mol. The van der Waals surface area contributed by atoms with Gasteiger partial charge in [0.1, 0.15) is 0 Å². The van der Waals surface area contributed by atoms with E-state index in [9.17, 15) is 18.0 Å². The number of nitrogens with one attached hydrogen (secondary N) is 1. The third-order valence-corrected chi connectivity index (χ3v) is 3.85. The Hall–Kier alpha value is -0.820. The molecule has 1 fully saturated rings. The molecule has 1 rings (SSSR count). The zero-order valence-electron chi connectivity index (χ0n) is 12.3. The summed E-state index contributed by atoms with van der Waals surface area (Å²) in [6, 6.07) is 0.140. The fourth-order valence-corrected chi connectivity index (χ4v) is 2.18. The second-order valence-corrected chi connectivity index (χ2v) is 6.01. The molecule has 0 saturated heterocycles. The Kier molecular flexibility index (Phi) is 5.43. The Labute approximate surface area is 117 Å². The number of hydrogen-bond acceptors (Lipinski definition) is 3. The molecule has 4 nitrogen and oxygen atoms in total. The van der Waals surface area contributed by atoms with Crippen molar-refractivity contribution < 1.29 is 18.0 Å². The second kappa shape index (κ2) is 6.30. The number of hydrogen-bond donors (Lipinski definition) is 2. The second-order valence-electron chi connectivity index (χ2n) is 6.01. The van der Waals surface area contributed by atoms with E-state index in [1.807, 2.05) is 6.92 Å². The standard InChI is InChI=1S/C13H24F3N3O/c1-9(19(3)7-6-13(14,15)16)8-12(2,11(17)20)18-10-4-5-10/h9-10,18H,4-8H2,1-3H3,(H2,17,20). The van der Waals surface area contributed by atoms with Gasteiger partial charge in [-0.15, -0.1) is 0 Å². The van der Waals surface area contributed by atoms with E-state index in [0.29, 0.717) is 12.5 Å². The van der Waals surface area contributed by atoms with Crippen molar-refractivity contribution in [1.29, 1.82) is 0 Å². The predicted molar refractivity (Wildman–Crippen MR) is 71.1 cm³/mol. The molecule has 0 aliphatic heterocycles. The Morgan fingerprint density at radius 3 is 2.40 bits per heavy atom. The van der Waals surface area contributed by atoms with Crippen molar-refractivity contribution in [2.45, 2.75) is 63.3 Å². The molecule has 2 unspecified atom stereocenters. The SMILES string of the molecule is CC(CC(C)(NC1CC1)C(N)=O)N(C)CCC(F)(F)F. The molecule has 1 aliphatic carbocycles. The number of halogens is 3. The molecule has 1 amide bonds. The first kappa shape index (κ1) is 17.2. The van der Waals surface area contributed by atoms with Crippen molar-refractivity contribution in [3.05, 3.63) is 0 Å². The first-order valence-electron chi connectivity index (χ1n) is 6.88. The summed E-state index contributed by atoms with van der Waals surface area (Å²) >= 11 is 0. The summed E-state index contributed by atoms with van der Waals surface area (Å²) in [6.45, 7) is 3.46. The van der Waals surface area contributed by atoms with Crippen LogP contribution in [0.1, 0.15) is 39.5 Å². The summed E-state index contributed by atoms with van der Waals surface area (Å²) in [7, 11) is 1.63. The largest absolute Gasteiger partial charge is 0.390 e. The molecule has 7 heteroatoms. The monoisotopic (exact) mass is 295 g/mol. The number of nitrogens with zero attached hydrogens (tertiary/aromatic N) is 1. The Bertz CT molecular complexity index is 344. The van der Waals surface area contributed by atoms with Gasteiger partial charge in [0.2, 0.25) is 5.91 Å². The fraction of sp³-hybridized carbons (Fsp3) is 0.923. The maximum atomic E-state index is 12.2. The van der Waals surface area contributed by atoms with Crippen LogP contribution in [0.3, 0.4) is 0 Å². The lowest BCUT2D eigenvalue weighted by Crippen LogP contribution is -2.56. The number of rotatable bonds is 8. The van der Waals surface area contributed by atoms with Crippen molar-refractivity contribution in [3.8, 4) is 0 Å². The first-order valence-corrected chi connectivity index (χ1v) is 6.88. The molecule has 0 spiro atoms. The highest BCUT2D eigenvalue weighted by atomic mass is 19.4. The Morgan fingerprint density at radius 1 is 1.45 bits per heavy atom. The van der Waals surface area contributed by atoms with E-state index in [2.05, 4.69) is 5.32 Å². The normalized spacial score (nSPS) is 20.8. The number of carbonyl (C=O) groups excluding carboxylic acids is 1. The molecule has 3 N–H and O–H groups in total. The number of primary amides is 1. The van der Waals surface area contributed by atoms with E-state index in [-0.39, 0.29) is 12.6 Å². The molecule has 0 radical (unpaired) electrons. The minimum Gasteiger partial charge on any atom is -0.368 e. The van der Waals surface area contributed by atoms with Gasteiger partial charge >= 0.3 is 6.18 Å². The lowest BCUT2D eigenvalue weighted by molar-refractivity contribution is -0.138. The van der Waals surface area contributed by atoms with Gasteiger partial charge in [0.05, 0.1) is 12.0 Å². The van der Waals surface area contributed by atoms with Crippen LogP contribution in [0.5, 0.6) is 0 Å².